The van der Waals surface area contributed by atoms with Crippen LogP contribution in [0.4, 0.5) is 5.69 Å². The van der Waals surface area contributed by atoms with E-state index >= 15 is 0 Å². The Morgan fingerprint density at radius 1 is 1.06 bits per heavy atom. The summed E-state index contributed by atoms with van der Waals surface area (Å²) < 4.78 is 11.5. The Labute approximate surface area is 185 Å². The van der Waals surface area contributed by atoms with Crippen LogP contribution in [0, 0.1) is 6.92 Å². The van der Waals surface area contributed by atoms with Crippen molar-refractivity contribution in [2.45, 2.75) is 19.9 Å². The van der Waals surface area contributed by atoms with Gasteiger partial charge in [-0.3, -0.25) is 4.79 Å². The molecule has 0 spiro atoms. The number of benzene rings is 3. The number of carboxylic acids is 1. The van der Waals surface area contributed by atoms with Crippen molar-refractivity contribution >= 4 is 22.6 Å². The van der Waals surface area contributed by atoms with E-state index in [9.17, 15) is 14.7 Å². The molecule has 0 bridgehead atoms. The van der Waals surface area contributed by atoms with Gasteiger partial charge in [-0.05, 0) is 49.7 Å². The predicted molar refractivity (Wildman–Crippen MR) is 125 cm³/mol. The molecule has 2 N–H and O–H groups in total. The minimum absolute atomic E-state index is 0.146. The molecule has 1 heterocycles. The second-order valence-corrected chi connectivity index (χ2v) is 7.65. The van der Waals surface area contributed by atoms with Crippen LogP contribution in [-0.4, -0.2) is 18.2 Å². The quantitative estimate of drug-likeness (QED) is 0.412. The van der Waals surface area contributed by atoms with Crippen LogP contribution in [0.2, 0.25) is 0 Å². The van der Waals surface area contributed by atoms with Crippen molar-refractivity contribution in [1.82, 2.24) is 0 Å². The van der Waals surface area contributed by atoms with Gasteiger partial charge in [0.25, 0.3) is 0 Å². The molecule has 0 radical (unpaired) electrons. The molecule has 6 heteroatoms. The third-order valence-electron chi connectivity index (χ3n) is 5.35. The SMILES string of the molecule is COc1cccc(-c2cc(=O)c3cc(C)cc(C(C)Nc4ccccc4C(=O)O)c3o2)c1. The first-order chi connectivity index (χ1) is 15.4. The highest BCUT2D eigenvalue weighted by molar-refractivity contribution is 5.94. The van der Waals surface area contributed by atoms with Crippen molar-refractivity contribution in [3.63, 3.8) is 0 Å². The number of aromatic carboxylic acids is 1. The van der Waals surface area contributed by atoms with Gasteiger partial charge in [-0.25, -0.2) is 4.79 Å². The molecule has 162 valence electrons. The number of carbonyl (C=O) groups is 1. The number of anilines is 1. The Hall–Kier alpha value is -4.06. The second kappa shape index (κ2) is 8.59. The van der Waals surface area contributed by atoms with Crippen molar-refractivity contribution < 1.29 is 19.1 Å². The molecule has 1 aromatic heterocycles. The number of aryl methyl sites for hydroxylation is 1. The summed E-state index contributed by atoms with van der Waals surface area (Å²) in [6.07, 6.45) is 0. The van der Waals surface area contributed by atoms with Crippen LogP contribution in [0.15, 0.2) is 75.9 Å². The van der Waals surface area contributed by atoms with Crippen LogP contribution in [0.5, 0.6) is 5.75 Å². The molecule has 3 aromatic carbocycles. The summed E-state index contributed by atoms with van der Waals surface area (Å²) in [6.45, 7) is 3.82. The van der Waals surface area contributed by atoms with Crippen LogP contribution in [0.1, 0.15) is 34.5 Å². The molecule has 0 aliphatic rings. The number of nitrogens with one attached hydrogen (secondary N) is 1. The lowest BCUT2D eigenvalue weighted by molar-refractivity contribution is 0.0698. The zero-order valence-corrected chi connectivity index (χ0v) is 18.0. The van der Waals surface area contributed by atoms with Crippen LogP contribution in [0.25, 0.3) is 22.3 Å². The normalized spacial score (nSPS) is 11.8. The number of rotatable bonds is 6. The molecule has 6 nitrogen and oxygen atoms in total. The van der Waals surface area contributed by atoms with Gasteiger partial charge in [0.15, 0.2) is 5.43 Å². The molecule has 0 aliphatic heterocycles. The van der Waals surface area contributed by atoms with Gasteiger partial charge in [-0.15, -0.1) is 0 Å². The van der Waals surface area contributed by atoms with E-state index in [1.807, 2.05) is 44.2 Å². The number of hydrogen-bond donors (Lipinski definition) is 2. The van der Waals surface area contributed by atoms with Crippen molar-refractivity contribution in [3.05, 3.63) is 93.6 Å². The Kier molecular flexibility index (Phi) is 5.69. The molecule has 0 aliphatic carbocycles. The largest absolute Gasteiger partial charge is 0.497 e. The maximum Gasteiger partial charge on any atom is 0.337 e. The Morgan fingerprint density at radius 3 is 2.59 bits per heavy atom. The van der Waals surface area contributed by atoms with Gasteiger partial charge in [0.05, 0.1) is 24.1 Å². The summed E-state index contributed by atoms with van der Waals surface area (Å²) >= 11 is 0. The van der Waals surface area contributed by atoms with Gasteiger partial charge < -0.3 is 19.6 Å². The zero-order chi connectivity index (χ0) is 22.8. The Morgan fingerprint density at radius 2 is 1.84 bits per heavy atom. The van der Waals surface area contributed by atoms with Crippen molar-refractivity contribution in [1.29, 1.82) is 0 Å². The van der Waals surface area contributed by atoms with E-state index in [0.717, 1.165) is 16.7 Å². The lowest BCUT2D eigenvalue weighted by Gasteiger charge is -2.19. The van der Waals surface area contributed by atoms with E-state index < -0.39 is 5.97 Å². The first-order valence-corrected chi connectivity index (χ1v) is 10.2. The summed E-state index contributed by atoms with van der Waals surface area (Å²) in [4.78, 5) is 24.6. The monoisotopic (exact) mass is 429 g/mol. The smallest absolute Gasteiger partial charge is 0.337 e. The number of carboxylic acid groups (broad SMARTS) is 1. The van der Waals surface area contributed by atoms with Crippen LogP contribution < -0.4 is 15.5 Å². The molecule has 4 rings (SSSR count). The van der Waals surface area contributed by atoms with E-state index in [4.69, 9.17) is 9.15 Å². The van der Waals surface area contributed by atoms with Gasteiger partial charge in [0.1, 0.15) is 17.1 Å². The maximum atomic E-state index is 13.0. The van der Waals surface area contributed by atoms with Gasteiger partial charge in [0, 0.05) is 22.9 Å². The molecular weight excluding hydrogens is 406 g/mol. The highest BCUT2D eigenvalue weighted by Gasteiger charge is 2.18. The summed E-state index contributed by atoms with van der Waals surface area (Å²) in [6, 6.07) is 19.0. The van der Waals surface area contributed by atoms with Crippen LogP contribution in [-0.2, 0) is 0 Å². The topological polar surface area (TPSA) is 88.8 Å². The highest BCUT2D eigenvalue weighted by atomic mass is 16.5. The second-order valence-electron chi connectivity index (χ2n) is 7.65. The minimum atomic E-state index is -1.01. The fraction of sp³-hybridized carbons (Fsp3) is 0.154. The molecule has 4 aromatic rings. The van der Waals surface area contributed by atoms with E-state index in [1.165, 1.54) is 6.07 Å². The number of hydrogen-bond acceptors (Lipinski definition) is 5. The predicted octanol–water partition coefficient (Wildman–Crippen LogP) is 5.65. The molecule has 1 unspecified atom stereocenters. The Balaban J connectivity index is 1.85. The number of fused-ring (bicyclic) bond motifs is 1. The van der Waals surface area contributed by atoms with Crippen LogP contribution in [0.3, 0.4) is 0 Å². The highest BCUT2D eigenvalue weighted by Crippen LogP contribution is 2.32. The van der Waals surface area contributed by atoms with E-state index in [2.05, 4.69) is 5.32 Å². The molecule has 1 atom stereocenters. The van der Waals surface area contributed by atoms with Crippen molar-refractivity contribution in [3.8, 4) is 17.1 Å². The Bertz CT molecular complexity index is 1370. The average molecular weight is 429 g/mol. The lowest BCUT2D eigenvalue weighted by atomic mass is 10.00. The summed E-state index contributed by atoms with van der Waals surface area (Å²) in [5.74, 6) is 0.0839. The molecule has 0 saturated heterocycles. The first-order valence-electron chi connectivity index (χ1n) is 10.2. The van der Waals surface area contributed by atoms with Gasteiger partial charge in [-0.1, -0.05) is 30.3 Å². The fourth-order valence-corrected chi connectivity index (χ4v) is 3.78. The maximum absolute atomic E-state index is 13.0. The average Bonchev–Trinajstić information content (AvgIpc) is 2.79. The molecule has 0 saturated carbocycles. The van der Waals surface area contributed by atoms with Gasteiger partial charge >= 0.3 is 5.97 Å². The standard InChI is InChI=1S/C26H23NO5/c1-15-11-20(16(2)27-22-10-5-4-9-19(22)26(29)30)25-21(12-15)23(28)14-24(32-25)17-7-6-8-18(13-17)31-3/h4-14,16,27H,1-3H3,(H,29,30). The van der Waals surface area contributed by atoms with E-state index in [1.54, 1.807) is 37.4 Å². The number of methoxy groups -OCH3 is 1. The number of ether oxygens (including phenoxy) is 1. The lowest BCUT2D eigenvalue weighted by Crippen LogP contribution is -2.12. The van der Waals surface area contributed by atoms with Crippen molar-refractivity contribution in [2.75, 3.05) is 12.4 Å². The zero-order valence-electron chi connectivity index (χ0n) is 18.0. The number of para-hydroxylation sites is 1. The first kappa shape index (κ1) is 21.2. The molecular formula is C26H23NO5. The third-order valence-corrected chi connectivity index (χ3v) is 5.35. The summed E-state index contributed by atoms with van der Waals surface area (Å²) in [7, 11) is 1.58. The summed E-state index contributed by atoms with van der Waals surface area (Å²) in [5.41, 5.74) is 3.40. The third kappa shape index (κ3) is 4.07. The molecule has 32 heavy (non-hydrogen) atoms. The molecule has 0 fully saturated rings. The minimum Gasteiger partial charge on any atom is -0.497 e. The van der Waals surface area contributed by atoms with Gasteiger partial charge in [0.2, 0.25) is 0 Å². The van der Waals surface area contributed by atoms with Gasteiger partial charge in [-0.2, -0.15) is 0 Å². The van der Waals surface area contributed by atoms with Crippen molar-refractivity contribution in [2.24, 2.45) is 0 Å². The molecule has 0 amide bonds. The van der Waals surface area contributed by atoms with E-state index in [-0.39, 0.29) is 17.0 Å². The van der Waals surface area contributed by atoms with Crippen LogP contribution >= 0.6 is 0 Å². The summed E-state index contributed by atoms with van der Waals surface area (Å²) in [5, 5.41) is 13.2. The van der Waals surface area contributed by atoms with E-state index in [0.29, 0.717) is 28.2 Å². The fourth-order valence-electron chi connectivity index (χ4n) is 3.78.